The monoisotopic (exact) mass is 374 g/mol. The number of carbonyl (C=O) groups excluding carboxylic acids is 1. The molecular formula is C19H42O3Si2. The number of ketones is 1. The molecule has 0 rings (SSSR count). The molecule has 4 atom stereocenters. The van der Waals surface area contributed by atoms with Gasteiger partial charge in [0.05, 0.1) is 6.10 Å². The lowest BCUT2D eigenvalue weighted by Crippen LogP contribution is -2.48. The van der Waals surface area contributed by atoms with Gasteiger partial charge in [-0.2, -0.15) is 0 Å². The third-order valence-corrected chi connectivity index (χ3v) is 11.2. The van der Waals surface area contributed by atoms with Gasteiger partial charge in [0, 0.05) is 24.4 Å². The Labute approximate surface area is 153 Å². The molecule has 3 nitrogen and oxygen atoms in total. The van der Waals surface area contributed by atoms with Gasteiger partial charge in [0.1, 0.15) is 5.78 Å². The molecule has 0 amide bonds. The highest BCUT2D eigenvalue weighted by molar-refractivity contribution is 6.73. The third kappa shape index (κ3) is 7.10. The molecule has 0 saturated heterocycles. The molecule has 144 valence electrons. The molecule has 0 aliphatic carbocycles. The first-order chi connectivity index (χ1) is 11.0. The van der Waals surface area contributed by atoms with E-state index in [9.17, 15) is 4.79 Å². The molecule has 0 aromatic heterocycles. The van der Waals surface area contributed by atoms with Gasteiger partial charge in [-0.1, -0.05) is 41.5 Å². The van der Waals surface area contributed by atoms with Gasteiger partial charge < -0.3 is 8.85 Å². The molecule has 0 N–H and O–H groups in total. The normalized spacial score (nSPS) is 18.1. The van der Waals surface area contributed by atoms with Crippen molar-refractivity contribution in [3.8, 4) is 0 Å². The maximum Gasteiger partial charge on any atom is 0.192 e. The minimum Gasteiger partial charge on any atom is -0.414 e. The fourth-order valence-electron chi connectivity index (χ4n) is 3.35. The smallest absolute Gasteiger partial charge is 0.192 e. The van der Waals surface area contributed by atoms with Crippen molar-refractivity contribution in [1.82, 2.24) is 0 Å². The Kier molecular flexibility index (Phi) is 10.3. The maximum atomic E-state index is 12.3. The van der Waals surface area contributed by atoms with Crippen LogP contribution < -0.4 is 0 Å². The topological polar surface area (TPSA) is 35.5 Å². The van der Waals surface area contributed by atoms with Crippen LogP contribution in [0.2, 0.25) is 37.8 Å². The summed E-state index contributed by atoms with van der Waals surface area (Å²) in [5.74, 6) is 0.449. The minimum atomic E-state index is -1.73. The summed E-state index contributed by atoms with van der Waals surface area (Å²) in [4.78, 5) is 12.3. The fraction of sp³-hybridized carbons (Fsp3) is 0.947. The molecule has 0 fully saturated rings. The Morgan fingerprint density at radius 1 is 0.875 bits per heavy atom. The quantitative estimate of drug-likeness (QED) is 0.401. The highest BCUT2D eigenvalue weighted by Gasteiger charge is 2.38. The van der Waals surface area contributed by atoms with Gasteiger partial charge in [-0.3, -0.25) is 4.79 Å². The van der Waals surface area contributed by atoms with Crippen LogP contribution in [0.1, 0.15) is 54.9 Å². The van der Waals surface area contributed by atoms with Crippen molar-refractivity contribution in [3.05, 3.63) is 0 Å². The van der Waals surface area contributed by atoms with Gasteiger partial charge in [0.2, 0.25) is 0 Å². The Balaban J connectivity index is 5.35. The largest absolute Gasteiger partial charge is 0.414 e. The first-order valence-electron chi connectivity index (χ1n) is 9.85. The van der Waals surface area contributed by atoms with E-state index >= 15 is 0 Å². The van der Waals surface area contributed by atoms with Crippen LogP contribution in [0.25, 0.3) is 0 Å². The number of rotatable bonds is 12. The average Bonchev–Trinajstić information content (AvgIpc) is 2.54. The van der Waals surface area contributed by atoms with E-state index in [-0.39, 0.29) is 24.0 Å². The molecule has 24 heavy (non-hydrogen) atoms. The van der Waals surface area contributed by atoms with E-state index in [4.69, 9.17) is 8.85 Å². The molecule has 0 radical (unpaired) electrons. The summed E-state index contributed by atoms with van der Waals surface area (Å²) < 4.78 is 13.1. The summed E-state index contributed by atoms with van der Waals surface area (Å²) in [6, 6.07) is 3.46. The van der Waals surface area contributed by atoms with E-state index in [1.807, 2.05) is 13.8 Å². The van der Waals surface area contributed by atoms with Crippen LogP contribution in [0.5, 0.6) is 0 Å². The van der Waals surface area contributed by atoms with Crippen molar-refractivity contribution in [2.45, 2.75) is 105 Å². The summed E-state index contributed by atoms with van der Waals surface area (Å²) >= 11 is 0. The van der Waals surface area contributed by atoms with Crippen LogP contribution in [0.15, 0.2) is 0 Å². The van der Waals surface area contributed by atoms with Crippen molar-refractivity contribution in [3.63, 3.8) is 0 Å². The average molecular weight is 375 g/mol. The molecular weight excluding hydrogens is 332 g/mol. The molecule has 5 heteroatoms. The number of hydrogen-bond acceptors (Lipinski definition) is 3. The SMILES string of the molecule is CCC(=O)[C@H](C)[C@H](O[Si](C)(C)C)[C@H](C)[C@@H](C)O[Si](CC)(CC)CC. The Bertz CT molecular complexity index is 367. The van der Waals surface area contributed by atoms with Crippen molar-refractivity contribution in [2.75, 3.05) is 0 Å². The van der Waals surface area contributed by atoms with Gasteiger partial charge in [-0.05, 0) is 44.7 Å². The zero-order valence-corrected chi connectivity index (χ0v) is 19.9. The highest BCUT2D eigenvalue weighted by Crippen LogP contribution is 2.31. The molecule has 0 saturated carbocycles. The third-order valence-electron chi connectivity index (χ3n) is 5.47. The predicted molar refractivity (Wildman–Crippen MR) is 110 cm³/mol. The van der Waals surface area contributed by atoms with Crippen LogP contribution in [-0.4, -0.2) is 34.6 Å². The van der Waals surface area contributed by atoms with Crippen LogP contribution in [0, 0.1) is 11.8 Å². The number of carbonyl (C=O) groups is 1. The van der Waals surface area contributed by atoms with Crippen molar-refractivity contribution in [1.29, 1.82) is 0 Å². The lowest BCUT2D eigenvalue weighted by atomic mass is 9.87. The molecule has 0 bridgehead atoms. The molecule has 0 aromatic rings. The van der Waals surface area contributed by atoms with E-state index < -0.39 is 16.6 Å². The Morgan fingerprint density at radius 3 is 1.67 bits per heavy atom. The van der Waals surface area contributed by atoms with Crippen molar-refractivity contribution < 1.29 is 13.6 Å². The van der Waals surface area contributed by atoms with E-state index in [2.05, 4.69) is 54.3 Å². The standard InChI is InChI=1S/C19H42O3Si2/c1-11-18(20)16(6)19(22-23(8,9)10)15(5)17(7)21-24(12-2,13-3)14-4/h15-17,19H,11-14H2,1-10H3/t15-,16+,17-,19-/m1/s1. The second-order valence-corrected chi connectivity index (χ2v) is 17.4. The van der Waals surface area contributed by atoms with Crippen LogP contribution in [0.4, 0.5) is 0 Å². The van der Waals surface area contributed by atoms with Crippen LogP contribution in [0.3, 0.4) is 0 Å². The summed E-state index contributed by atoms with van der Waals surface area (Å²) in [5, 5.41) is 0. The lowest BCUT2D eigenvalue weighted by Gasteiger charge is -2.40. The molecule has 0 spiro atoms. The molecule has 0 heterocycles. The molecule has 0 unspecified atom stereocenters. The predicted octanol–water partition coefficient (Wildman–Crippen LogP) is 5.87. The highest BCUT2D eigenvalue weighted by atomic mass is 28.4. The Hall–Kier alpha value is 0.0238. The zero-order chi connectivity index (χ0) is 19.1. The van der Waals surface area contributed by atoms with Gasteiger partial charge in [-0.25, -0.2) is 0 Å². The van der Waals surface area contributed by atoms with Crippen LogP contribution in [-0.2, 0) is 13.6 Å². The minimum absolute atomic E-state index is 0.0450. The molecule has 0 aliphatic rings. The maximum absolute atomic E-state index is 12.3. The summed E-state index contributed by atoms with van der Waals surface area (Å²) in [6.45, 7) is 21.7. The summed E-state index contributed by atoms with van der Waals surface area (Å²) in [5.41, 5.74) is 0. The summed E-state index contributed by atoms with van der Waals surface area (Å²) in [6.07, 6.45) is 0.660. The first kappa shape index (κ1) is 24.0. The van der Waals surface area contributed by atoms with Gasteiger partial charge in [0.15, 0.2) is 16.6 Å². The van der Waals surface area contributed by atoms with Crippen molar-refractivity contribution >= 4 is 22.4 Å². The van der Waals surface area contributed by atoms with E-state index in [1.165, 1.54) is 0 Å². The first-order valence-corrected chi connectivity index (χ1v) is 15.8. The van der Waals surface area contributed by atoms with E-state index in [0.29, 0.717) is 12.2 Å². The van der Waals surface area contributed by atoms with Crippen LogP contribution >= 0.6 is 0 Å². The van der Waals surface area contributed by atoms with E-state index in [0.717, 1.165) is 18.1 Å². The number of Topliss-reactive ketones (excluding diaryl/α,β-unsaturated/α-hetero) is 1. The molecule has 0 aliphatic heterocycles. The number of hydrogen-bond donors (Lipinski definition) is 0. The van der Waals surface area contributed by atoms with Gasteiger partial charge in [-0.15, -0.1) is 0 Å². The second-order valence-electron chi connectivity index (χ2n) is 8.23. The van der Waals surface area contributed by atoms with Crippen molar-refractivity contribution in [2.24, 2.45) is 11.8 Å². The Morgan fingerprint density at radius 2 is 1.33 bits per heavy atom. The summed E-state index contributed by atoms with van der Waals surface area (Å²) in [7, 11) is -3.38. The van der Waals surface area contributed by atoms with Gasteiger partial charge >= 0.3 is 0 Å². The van der Waals surface area contributed by atoms with Gasteiger partial charge in [0.25, 0.3) is 0 Å². The zero-order valence-electron chi connectivity index (χ0n) is 17.9. The fourth-order valence-corrected chi connectivity index (χ4v) is 7.59. The molecule has 0 aromatic carbocycles. The second kappa shape index (κ2) is 10.2. The van der Waals surface area contributed by atoms with E-state index in [1.54, 1.807) is 0 Å². The lowest BCUT2D eigenvalue weighted by molar-refractivity contribution is -0.126.